The molecule has 0 fully saturated rings. The Hall–Kier alpha value is -0.530. The number of carbonyl (C=O) groups is 1. The van der Waals surface area contributed by atoms with Gasteiger partial charge in [-0.25, -0.2) is 0 Å². The van der Waals surface area contributed by atoms with Gasteiger partial charge < -0.3 is 5.11 Å². The molecule has 0 radical (unpaired) electrons. The predicted molar refractivity (Wildman–Crippen MR) is 117 cm³/mol. The zero-order valence-corrected chi connectivity index (χ0v) is 18.5. The van der Waals surface area contributed by atoms with Gasteiger partial charge in [-0.05, 0) is 6.42 Å². The van der Waals surface area contributed by atoms with Crippen molar-refractivity contribution in [3.8, 4) is 0 Å². The fourth-order valence-electron chi connectivity index (χ4n) is 3.15. The number of hydrogen-bond acceptors (Lipinski definition) is 1. The first-order chi connectivity index (χ1) is 12.7. The van der Waals surface area contributed by atoms with E-state index in [-0.39, 0.29) is 0 Å². The molecule has 0 aromatic carbocycles. The van der Waals surface area contributed by atoms with E-state index in [4.69, 9.17) is 5.11 Å². The Balaban J connectivity index is 0. The summed E-state index contributed by atoms with van der Waals surface area (Å²) < 4.78 is 0. The maximum absolute atomic E-state index is 10.2. The van der Waals surface area contributed by atoms with Crippen LogP contribution in [0.25, 0.3) is 0 Å². The molecule has 0 aromatic heterocycles. The molecule has 0 saturated carbocycles. The van der Waals surface area contributed by atoms with E-state index in [9.17, 15) is 4.79 Å². The lowest BCUT2D eigenvalue weighted by Gasteiger charge is -2.00. The third-order valence-electron chi connectivity index (χ3n) is 4.95. The van der Waals surface area contributed by atoms with Crippen molar-refractivity contribution in [2.75, 3.05) is 0 Å². The number of carboxylic acid groups (broad SMARTS) is 1. The molecule has 1 N–H and O–H groups in total. The highest BCUT2D eigenvalue weighted by Crippen LogP contribution is 2.11. The zero-order valence-electron chi connectivity index (χ0n) is 18.5. The summed E-state index contributed by atoms with van der Waals surface area (Å²) in [4.78, 5) is 10.2. The molecular weight excluding hydrogens is 320 g/mol. The van der Waals surface area contributed by atoms with E-state index in [0.29, 0.717) is 6.42 Å². The van der Waals surface area contributed by atoms with Crippen molar-refractivity contribution in [1.82, 2.24) is 0 Å². The molecule has 0 rings (SSSR count). The molecule has 0 saturated heterocycles. The second kappa shape index (κ2) is 26.7. The van der Waals surface area contributed by atoms with Crippen LogP contribution in [0.5, 0.6) is 0 Å². The van der Waals surface area contributed by atoms with Crippen molar-refractivity contribution in [3.63, 3.8) is 0 Å². The van der Waals surface area contributed by atoms with E-state index in [1.807, 2.05) is 0 Å². The summed E-state index contributed by atoms with van der Waals surface area (Å²) >= 11 is 0. The van der Waals surface area contributed by atoms with E-state index in [1.165, 1.54) is 109 Å². The minimum atomic E-state index is -0.659. The van der Waals surface area contributed by atoms with Crippen molar-refractivity contribution < 1.29 is 9.90 Å². The summed E-state index contributed by atoms with van der Waals surface area (Å²) in [5.41, 5.74) is 0. The fraction of sp³-hybridized carbons (Fsp3) is 0.958. The van der Waals surface area contributed by atoms with Crippen molar-refractivity contribution in [1.29, 1.82) is 0 Å². The van der Waals surface area contributed by atoms with Crippen LogP contribution in [0, 0.1) is 0 Å². The number of hydrogen-bond donors (Lipinski definition) is 1. The number of unbranched alkanes of at least 4 members (excludes halogenated alkanes) is 17. The SMILES string of the molecule is CCCCCCCCCCCC.CCCCCCCCCCCC(=O)O. The molecule has 0 atom stereocenters. The number of rotatable bonds is 19. The van der Waals surface area contributed by atoms with Crippen LogP contribution >= 0.6 is 0 Å². The van der Waals surface area contributed by atoms with Crippen molar-refractivity contribution in [2.45, 2.75) is 149 Å². The molecule has 0 aliphatic carbocycles. The maximum Gasteiger partial charge on any atom is 0.303 e. The Kier molecular flexibility index (Phi) is 28.4. The Labute approximate surface area is 165 Å². The molecule has 0 bridgehead atoms. The van der Waals surface area contributed by atoms with Gasteiger partial charge in [0.25, 0.3) is 0 Å². The zero-order chi connectivity index (χ0) is 19.7. The summed E-state index contributed by atoms with van der Waals surface area (Å²) in [6.45, 7) is 6.79. The van der Waals surface area contributed by atoms with Gasteiger partial charge in [0.05, 0.1) is 0 Å². The fourth-order valence-corrected chi connectivity index (χ4v) is 3.15. The van der Waals surface area contributed by atoms with Crippen LogP contribution < -0.4 is 0 Å². The van der Waals surface area contributed by atoms with Gasteiger partial charge in [-0.15, -0.1) is 0 Å². The molecular formula is C24H50O2. The van der Waals surface area contributed by atoms with E-state index >= 15 is 0 Å². The van der Waals surface area contributed by atoms with E-state index in [1.54, 1.807) is 0 Å². The van der Waals surface area contributed by atoms with Crippen molar-refractivity contribution in [3.05, 3.63) is 0 Å². The first-order valence-electron chi connectivity index (χ1n) is 11.9. The molecule has 2 heteroatoms. The number of carboxylic acids is 1. The minimum absolute atomic E-state index is 0.343. The van der Waals surface area contributed by atoms with Crippen LogP contribution in [-0.4, -0.2) is 11.1 Å². The highest BCUT2D eigenvalue weighted by Gasteiger charge is 1.96. The Morgan fingerprint density at radius 1 is 0.462 bits per heavy atom. The molecule has 26 heavy (non-hydrogen) atoms. The predicted octanol–water partition coefficient (Wildman–Crippen LogP) is 8.92. The molecule has 0 aliphatic rings. The molecule has 0 spiro atoms. The summed E-state index contributed by atoms with van der Waals surface area (Å²) in [5.74, 6) is -0.659. The highest BCUT2D eigenvalue weighted by atomic mass is 16.4. The Morgan fingerprint density at radius 2 is 0.692 bits per heavy atom. The van der Waals surface area contributed by atoms with Crippen LogP contribution in [-0.2, 0) is 4.79 Å². The summed E-state index contributed by atoms with van der Waals surface area (Å²) in [6, 6.07) is 0. The maximum atomic E-state index is 10.2. The van der Waals surface area contributed by atoms with E-state index in [2.05, 4.69) is 20.8 Å². The second-order valence-electron chi connectivity index (χ2n) is 7.80. The Morgan fingerprint density at radius 3 is 0.923 bits per heavy atom. The van der Waals surface area contributed by atoms with Crippen LogP contribution in [0.3, 0.4) is 0 Å². The smallest absolute Gasteiger partial charge is 0.303 e. The Bertz CT molecular complexity index is 241. The van der Waals surface area contributed by atoms with Gasteiger partial charge in [0.1, 0.15) is 0 Å². The van der Waals surface area contributed by atoms with Crippen LogP contribution in [0.15, 0.2) is 0 Å². The van der Waals surface area contributed by atoms with Gasteiger partial charge in [-0.1, -0.05) is 136 Å². The summed E-state index contributed by atoms with van der Waals surface area (Å²) in [7, 11) is 0. The lowest BCUT2D eigenvalue weighted by atomic mass is 10.1. The average Bonchev–Trinajstić information content (AvgIpc) is 2.63. The van der Waals surface area contributed by atoms with Crippen molar-refractivity contribution in [2.24, 2.45) is 0 Å². The van der Waals surface area contributed by atoms with E-state index < -0.39 is 5.97 Å². The minimum Gasteiger partial charge on any atom is -0.481 e. The van der Waals surface area contributed by atoms with Gasteiger partial charge in [0, 0.05) is 6.42 Å². The van der Waals surface area contributed by atoms with Crippen LogP contribution in [0.1, 0.15) is 149 Å². The third kappa shape index (κ3) is 31.3. The van der Waals surface area contributed by atoms with Crippen LogP contribution in [0.4, 0.5) is 0 Å². The lowest BCUT2D eigenvalue weighted by Crippen LogP contribution is -1.93. The molecule has 0 heterocycles. The quantitative estimate of drug-likeness (QED) is 0.230. The van der Waals surface area contributed by atoms with Gasteiger partial charge in [0.15, 0.2) is 0 Å². The van der Waals surface area contributed by atoms with E-state index in [0.717, 1.165) is 12.8 Å². The monoisotopic (exact) mass is 370 g/mol. The van der Waals surface area contributed by atoms with Gasteiger partial charge in [0.2, 0.25) is 0 Å². The highest BCUT2D eigenvalue weighted by molar-refractivity contribution is 5.66. The lowest BCUT2D eigenvalue weighted by molar-refractivity contribution is -0.137. The van der Waals surface area contributed by atoms with Gasteiger partial charge in [-0.3, -0.25) is 4.79 Å². The normalized spacial score (nSPS) is 10.4. The summed E-state index contributed by atoms with van der Waals surface area (Å²) in [6.07, 6.45) is 25.9. The topological polar surface area (TPSA) is 37.3 Å². The van der Waals surface area contributed by atoms with Crippen molar-refractivity contribution >= 4 is 5.97 Å². The molecule has 0 unspecified atom stereocenters. The standard InChI is InChI=1S/C12H24O2.C12H26/c1-2-3-4-5-6-7-8-9-10-11-12(13)14;1-3-5-7-9-11-12-10-8-6-4-2/h2-11H2,1H3,(H,13,14);3-12H2,1-2H3. The molecule has 2 nitrogen and oxygen atoms in total. The molecule has 0 aliphatic heterocycles. The van der Waals surface area contributed by atoms with Gasteiger partial charge in [-0.2, -0.15) is 0 Å². The third-order valence-corrected chi connectivity index (χ3v) is 4.95. The first-order valence-corrected chi connectivity index (χ1v) is 11.9. The average molecular weight is 371 g/mol. The van der Waals surface area contributed by atoms with Crippen LogP contribution in [0.2, 0.25) is 0 Å². The molecule has 0 amide bonds. The number of aliphatic carboxylic acids is 1. The largest absolute Gasteiger partial charge is 0.481 e. The second-order valence-corrected chi connectivity index (χ2v) is 7.80. The summed E-state index contributed by atoms with van der Waals surface area (Å²) in [5, 5.41) is 8.41. The van der Waals surface area contributed by atoms with Gasteiger partial charge >= 0.3 is 5.97 Å². The molecule has 0 aromatic rings. The first kappa shape index (κ1) is 27.7. The molecule has 158 valence electrons.